The number of halogens is 3. The minimum absolute atomic E-state index is 0.0160. The number of carbonyl (C=O) groups is 3. The lowest BCUT2D eigenvalue weighted by Crippen LogP contribution is -2.53. The van der Waals surface area contributed by atoms with Crippen molar-refractivity contribution in [2.45, 2.75) is 135 Å². The Labute approximate surface area is 505 Å². The predicted molar refractivity (Wildman–Crippen MR) is 334 cm³/mol. The molecule has 3 N–H and O–H groups in total. The van der Waals surface area contributed by atoms with Gasteiger partial charge in [-0.25, -0.2) is 14.2 Å². The van der Waals surface area contributed by atoms with Gasteiger partial charge in [0.25, 0.3) is 5.91 Å². The fourth-order valence-corrected chi connectivity index (χ4v) is 13.2. The number of amides is 4. The third-order valence-corrected chi connectivity index (χ3v) is 18.1. The minimum atomic E-state index is -0.641. The summed E-state index contributed by atoms with van der Waals surface area (Å²) in [5.74, 6) is 0.553. The first kappa shape index (κ1) is 60.2. The van der Waals surface area contributed by atoms with Gasteiger partial charge in [0.15, 0.2) is 0 Å². The van der Waals surface area contributed by atoms with Gasteiger partial charge in [-0.2, -0.15) is 5.10 Å². The summed E-state index contributed by atoms with van der Waals surface area (Å²) in [6.45, 7) is 18.8. The minimum Gasteiger partial charge on any atom is -0.493 e. The molecular formula is C67H81Cl2FN10O4. The van der Waals surface area contributed by atoms with Crippen LogP contribution < -0.4 is 20.7 Å². The van der Waals surface area contributed by atoms with Crippen LogP contribution >= 0.6 is 23.2 Å². The molecule has 0 unspecified atom stereocenters. The molecule has 444 valence electrons. The zero-order valence-corrected chi connectivity index (χ0v) is 51.3. The molecule has 4 aromatic carbocycles. The smallest absolute Gasteiger partial charge is 0.325 e. The molecule has 2 fully saturated rings. The van der Waals surface area contributed by atoms with E-state index in [1.807, 2.05) is 70.8 Å². The number of fused-ring (bicyclic) bond motifs is 8. The molecule has 0 spiro atoms. The molecule has 4 aliphatic rings. The molecule has 0 aliphatic carbocycles. The number of piperazine rings is 1. The highest BCUT2D eigenvalue weighted by Gasteiger charge is 2.50. The van der Waals surface area contributed by atoms with Crippen LogP contribution in [0, 0.1) is 12.7 Å². The maximum Gasteiger partial charge on any atom is 0.325 e. The number of benzene rings is 4. The maximum atomic E-state index is 15.4. The summed E-state index contributed by atoms with van der Waals surface area (Å²) in [6, 6.07) is 28.1. The quantitative estimate of drug-likeness (QED) is 0.0853. The number of urea groups is 1. The number of nitrogens with one attached hydrogen (secondary N) is 1. The summed E-state index contributed by atoms with van der Waals surface area (Å²) in [4.78, 5) is 57.5. The van der Waals surface area contributed by atoms with Gasteiger partial charge in [-0.15, -0.1) is 0 Å². The molecule has 14 nitrogen and oxygen atoms in total. The first-order valence-electron chi connectivity index (χ1n) is 30.1. The second-order valence-corrected chi connectivity index (χ2v) is 25.2. The van der Waals surface area contributed by atoms with E-state index in [-0.39, 0.29) is 41.7 Å². The summed E-state index contributed by atoms with van der Waals surface area (Å²) in [7, 11) is 1.75. The second kappa shape index (κ2) is 25.7. The van der Waals surface area contributed by atoms with Crippen LogP contribution in [0.15, 0.2) is 103 Å². The van der Waals surface area contributed by atoms with Crippen LogP contribution in [0.3, 0.4) is 0 Å². The van der Waals surface area contributed by atoms with Gasteiger partial charge in [-0.1, -0.05) is 100.0 Å². The Bertz CT molecular complexity index is 3390. The number of nitrogens with zero attached hydrogens (tertiary/aromatic N) is 8. The molecule has 3 atom stereocenters. The fourth-order valence-electron chi connectivity index (χ4n) is 13.0. The number of hydrogen-bond acceptors (Lipinski definition) is 9. The summed E-state index contributed by atoms with van der Waals surface area (Å²) < 4.78 is 23.1. The van der Waals surface area contributed by atoms with Gasteiger partial charge in [0, 0.05) is 102 Å². The van der Waals surface area contributed by atoms with Crippen molar-refractivity contribution in [1.82, 2.24) is 39.7 Å². The zero-order valence-electron chi connectivity index (χ0n) is 49.8. The molecule has 6 heterocycles. The SMILES string of the molecule is CCOc1cc(C(C)(C)C)ccc1C1=C[C@@](C)(c2ccc(Cl)cc2)[C@@H](c2ccc(Cl)cc2)N1C(=O)N1CCN(CCCCCCCCC(=O)NCCn2nc3c(c2C)-c2cnc(N)c(c2)N2CCC[C@@H]2c2cc(F)ccc2C(=O)N(C)C3)CC1. The Kier molecular flexibility index (Phi) is 18.4. The average Bonchev–Trinajstić information content (AvgIpc) is 1.67. The molecule has 10 rings (SSSR count). The molecule has 84 heavy (non-hydrogen) atoms. The van der Waals surface area contributed by atoms with Crippen LogP contribution in [0.4, 0.5) is 20.7 Å². The normalized spacial score (nSPS) is 19.1. The van der Waals surface area contributed by atoms with Gasteiger partial charge in [0.2, 0.25) is 5.91 Å². The molecule has 4 aliphatic heterocycles. The number of ether oxygens (including phenoxy) is 1. The van der Waals surface area contributed by atoms with Crippen LogP contribution in [-0.2, 0) is 28.7 Å². The number of aromatic nitrogens is 3. The van der Waals surface area contributed by atoms with E-state index < -0.39 is 11.5 Å². The lowest BCUT2D eigenvalue weighted by molar-refractivity contribution is -0.121. The number of carbonyl (C=O) groups excluding carboxylic acids is 3. The molecule has 2 aromatic heterocycles. The van der Waals surface area contributed by atoms with Crippen LogP contribution in [0.25, 0.3) is 16.8 Å². The van der Waals surface area contributed by atoms with Crippen LogP contribution in [-0.4, -0.2) is 112 Å². The molecule has 6 aromatic rings. The van der Waals surface area contributed by atoms with Crippen LogP contribution in [0.1, 0.15) is 154 Å². The van der Waals surface area contributed by atoms with Gasteiger partial charge in [-0.05, 0) is 147 Å². The molecular weight excluding hydrogens is 1100 g/mol. The van der Waals surface area contributed by atoms with Gasteiger partial charge < -0.3 is 30.5 Å². The molecule has 2 saturated heterocycles. The van der Waals surface area contributed by atoms with E-state index in [9.17, 15) is 14.0 Å². The van der Waals surface area contributed by atoms with Crippen LogP contribution in [0.2, 0.25) is 10.0 Å². The Morgan fingerprint density at radius 1 is 0.857 bits per heavy atom. The second-order valence-electron chi connectivity index (χ2n) is 24.4. The first-order valence-corrected chi connectivity index (χ1v) is 30.8. The lowest BCUT2D eigenvalue weighted by Gasteiger charge is -2.42. The zero-order chi connectivity index (χ0) is 59.5. The number of pyridine rings is 1. The highest BCUT2D eigenvalue weighted by Crippen LogP contribution is 2.54. The number of anilines is 2. The van der Waals surface area contributed by atoms with E-state index in [2.05, 4.69) is 84.2 Å². The van der Waals surface area contributed by atoms with Gasteiger partial charge in [-0.3, -0.25) is 24.1 Å². The molecule has 4 amide bonds. The van der Waals surface area contributed by atoms with E-state index >= 15 is 4.79 Å². The van der Waals surface area contributed by atoms with Crippen molar-refractivity contribution in [3.63, 3.8) is 0 Å². The van der Waals surface area contributed by atoms with Crippen LogP contribution in [0.5, 0.6) is 5.75 Å². The molecule has 0 radical (unpaired) electrons. The summed E-state index contributed by atoms with van der Waals surface area (Å²) in [6.07, 6.45) is 12.2. The fraction of sp³-hybridized carbons (Fsp3) is 0.448. The number of rotatable bonds is 17. The summed E-state index contributed by atoms with van der Waals surface area (Å²) in [5.41, 5.74) is 15.8. The highest BCUT2D eigenvalue weighted by molar-refractivity contribution is 6.30. The third-order valence-electron chi connectivity index (χ3n) is 17.6. The van der Waals surface area contributed by atoms with E-state index in [4.69, 9.17) is 38.8 Å². The highest BCUT2D eigenvalue weighted by atomic mass is 35.5. The molecule has 2 bridgehead atoms. The first-order chi connectivity index (χ1) is 40.3. The van der Waals surface area contributed by atoms with Crippen molar-refractivity contribution in [3.05, 3.63) is 164 Å². The lowest BCUT2D eigenvalue weighted by atomic mass is 9.74. The Morgan fingerprint density at radius 2 is 1.55 bits per heavy atom. The average molecular weight is 1180 g/mol. The largest absolute Gasteiger partial charge is 0.493 e. The van der Waals surface area contributed by atoms with Crippen molar-refractivity contribution in [2.24, 2.45) is 0 Å². The molecule has 0 saturated carbocycles. The van der Waals surface area contributed by atoms with E-state index in [0.717, 1.165) is 127 Å². The number of hydrogen-bond donors (Lipinski definition) is 2. The monoisotopic (exact) mass is 1180 g/mol. The van der Waals surface area contributed by atoms with E-state index in [1.54, 1.807) is 24.2 Å². The van der Waals surface area contributed by atoms with Crippen molar-refractivity contribution in [2.75, 3.05) is 70.1 Å². The van der Waals surface area contributed by atoms with Gasteiger partial charge >= 0.3 is 6.03 Å². The van der Waals surface area contributed by atoms with Crippen molar-refractivity contribution in [1.29, 1.82) is 0 Å². The Hall–Kier alpha value is -6.94. The molecule has 17 heteroatoms. The predicted octanol–water partition coefficient (Wildman–Crippen LogP) is 13.5. The summed E-state index contributed by atoms with van der Waals surface area (Å²) >= 11 is 13.0. The van der Waals surface area contributed by atoms with E-state index in [0.29, 0.717) is 78.4 Å². The topological polar surface area (TPSA) is 145 Å². The Morgan fingerprint density at radius 3 is 2.26 bits per heavy atom. The number of nitrogen functional groups attached to an aromatic ring is 1. The van der Waals surface area contributed by atoms with Crippen molar-refractivity contribution >= 4 is 58.2 Å². The van der Waals surface area contributed by atoms with Gasteiger partial charge in [0.1, 0.15) is 17.4 Å². The maximum absolute atomic E-state index is 15.4. The number of nitrogens with two attached hydrogens (primary N) is 1. The number of unbranched alkanes of at least 4 members (excludes halogenated alkanes) is 5. The standard InChI is InChI=1S/C67H81Cl2FN10O4/c1-8-84-59-39-48(66(3,4)5)22-28-53(59)58-41-67(6,47-20-25-50(69)26-21-47)62(45-18-23-49(68)24-19-45)80(58)65(83)77-36-34-76(35-37-77)31-14-12-10-9-11-13-17-60(81)72-30-33-79-44(2)61-46-38-57(63(71)73-42-46)78-32-15-16-56(78)54-40-51(70)27-29-52(54)64(82)75(7)43-55(61)74-79/h18-29,38-42,56,62H,8-17,30-37,43H2,1-7H3,(H2,71,73)(H,72,81)/t56-,62-,67+/m1/s1. The Balaban J connectivity index is 0.707. The van der Waals surface area contributed by atoms with E-state index in [1.165, 1.54) is 12.1 Å². The summed E-state index contributed by atoms with van der Waals surface area (Å²) in [5, 5.41) is 9.39. The van der Waals surface area contributed by atoms with Gasteiger partial charge in [0.05, 0.1) is 48.9 Å². The van der Waals surface area contributed by atoms with Crippen molar-refractivity contribution < 1.29 is 23.5 Å². The van der Waals surface area contributed by atoms with Crippen molar-refractivity contribution in [3.8, 4) is 16.9 Å². The third kappa shape index (κ3) is 12.8.